The summed E-state index contributed by atoms with van der Waals surface area (Å²) in [7, 11) is 2.00. The molecule has 0 heterocycles. The van der Waals surface area contributed by atoms with E-state index in [1.54, 1.807) is 0 Å². The van der Waals surface area contributed by atoms with E-state index in [9.17, 15) is 0 Å². The molecular formula is C10H24N4. The molecule has 0 aromatic carbocycles. The Bertz CT molecular complexity index is 175. The molecule has 0 saturated heterocycles. The Morgan fingerprint density at radius 1 is 1.36 bits per heavy atom. The lowest BCUT2D eigenvalue weighted by Gasteiger charge is -2.22. The first-order valence-corrected chi connectivity index (χ1v) is 5.23. The maximum atomic E-state index is 5.41. The summed E-state index contributed by atoms with van der Waals surface area (Å²) in [6, 6.07) is 0.266. The quantitative estimate of drug-likeness (QED) is 0.310. The Morgan fingerprint density at radius 3 is 2.29 bits per heavy atom. The summed E-state index contributed by atoms with van der Waals surface area (Å²) in [6.45, 7) is 9.47. The second-order valence-corrected chi connectivity index (χ2v) is 4.29. The maximum absolute atomic E-state index is 5.41. The van der Waals surface area contributed by atoms with E-state index in [1.165, 1.54) is 0 Å². The Morgan fingerprint density at radius 2 is 1.93 bits per heavy atom. The lowest BCUT2D eigenvalue weighted by molar-refractivity contribution is 0.422. The van der Waals surface area contributed by atoms with Crippen LogP contribution in [-0.4, -0.2) is 30.5 Å². The van der Waals surface area contributed by atoms with Crippen molar-refractivity contribution in [2.75, 3.05) is 13.6 Å². The molecule has 0 radical (unpaired) electrons. The highest BCUT2D eigenvalue weighted by molar-refractivity contribution is 5.79. The third-order valence-electron chi connectivity index (χ3n) is 1.91. The summed E-state index contributed by atoms with van der Waals surface area (Å²) >= 11 is 0. The van der Waals surface area contributed by atoms with Gasteiger partial charge in [0, 0.05) is 19.6 Å². The van der Waals surface area contributed by atoms with Gasteiger partial charge in [-0.05, 0) is 26.2 Å². The zero-order valence-electron chi connectivity index (χ0n) is 10.0. The fraction of sp³-hybridized carbons (Fsp3) is 0.900. The first kappa shape index (κ1) is 13.2. The van der Waals surface area contributed by atoms with Gasteiger partial charge in [-0.3, -0.25) is 5.43 Å². The van der Waals surface area contributed by atoms with E-state index >= 15 is 0 Å². The van der Waals surface area contributed by atoms with Crippen molar-refractivity contribution in [3.05, 3.63) is 0 Å². The van der Waals surface area contributed by atoms with Gasteiger partial charge in [0.1, 0.15) is 0 Å². The first-order chi connectivity index (χ1) is 6.47. The highest BCUT2D eigenvalue weighted by Crippen LogP contribution is 2.01. The van der Waals surface area contributed by atoms with Crippen LogP contribution < -0.4 is 11.3 Å². The molecule has 0 unspecified atom stereocenters. The normalized spacial score (nSPS) is 12.4. The fourth-order valence-corrected chi connectivity index (χ4v) is 1.05. The summed E-state index contributed by atoms with van der Waals surface area (Å²) in [6.07, 6.45) is 1.15. The summed E-state index contributed by atoms with van der Waals surface area (Å²) in [5, 5.41) is 0. The van der Waals surface area contributed by atoms with Gasteiger partial charge < -0.3 is 4.90 Å². The molecule has 0 fully saturated rings. The van der Waals surface area contributed by atoms with Gasteiger partial charge in [-0.15, -0.1) is 0 Å². The van der Waals surface area contributed by atoms with Gasteiger partial charge in [0.25, 0.3) is 0 Å². The molecule has 0 spiro atoms. The molecule has 0 saturated carbocycles. The number of hydrogen-bond acceptors (Lipinski definition) is 2. The first-order valence-electron chi connectivity index (χ1n) is 5.23. The third-order valence-corrected chi connectivity index (χ3v) is 1.91. The lowest BCUT2D eigenvalue weighted by atomic mass is 10.1. The largest absolute Gasteiger partial charge is 0.345 e. The molecule has 0 amide bonds. The minimum atomic E-state index is 0.266. The van der Waals surface area contributed by atoms with Crippen LogP contribution in [0.1, 0.15) is 34.1 Å². The van der Waals surface area contributed by atoms with E-state index in [2.05, 4.69) is 29.2 Å². The summed E-state index contributed by atoms with van der Waals surface area (Å²) in [5.41, 5.74) is 2.63. The number of rotatable bonds is 4. The maximum Gasteiger partial charge on any atom is 0.208 e. The van der Waals surface area contributed by atoms with Crippen LogP contribution in [0.25, 0.3) is 0 Å². The topological polar surface area (TPSA) is 53.6 Å². The highest BCUT2D eigenvalue weighted by Gasteiger charge is 2.05. The van der Waals surface area contributed by atoms with Crippen LogP contribution in [0.4, 0.5) is 0 Å². The van der Waals surface area contributed by atoms with Crippen LogP contribution >= 0.6 is 0 Å². The molecule has 84 valence electrons. The predicted octanol–water partition coefficient (Wildman–Crippen LogP) is 1.19. The molecule has 0 aliphatic carbocycles. The number of guanidine groups is 1. The Balaban J connectivity index is 4.11. The number of hydrogen-bond donors (Lipinski definition) is 2. The molecule has 0 atom stereocenters. The minimum Gasteiger partial charge on any atom is -0.345 e. The van der Waals surface area contributed by atoms with E-state index in [-0.39, 0.29) is 6.04 Å². The SMILES string of the molecule is CC(C)CCN(C)C(=NC(C)C)NN. The Hall–Kier alpha value is -0.770. The number of nitrogens with two attached hydrogens (primary N) is 1. The van der Waals surface area contributed by atoms with Crippen LogP contribution in [0.15, 0.2) is 4.99 Å². The molecule has 3 N–H and O–H groups in total. The van der Waals surface area contributed by atoms with E-state index in [4.69, 9.17) is 5.84 Å². The molecule has 0 aromatic heterocycles. The van der Waals surface area contributed by atoms with Crippen molar-refractivity contribution in [2.45, 2.75) is 40.2 Å². The molecule has 4 nitrogen and oxygen atoms in total. The van der Waals surface area contributed by atoms with Crippen LogP contribution in [0.2, 0.25) is 0 Å². The van der Waals surface area contributed by atoms with Crippen molar-refractivity contribution in [1.29, 1.82) is 0 Å². The summed E-state index contributed by atoms with van der Waals surface area (Å²) < 4.78 is 0. The number of nitrogens with one attached hydrogen (secondary N) is 1. The number of aliphatic imine (C=N–C) groups is 1. The molecule has 4 heteroatoms. The molecule has 0 aliphatic heterocycles. The van der Waals surface area contributed by atoms with Crippen LogP contribution in [0, 0.1) is 5.92 Å². The Labute approximate surface area is 87.5 Å². The van der Waals surface area contributed by atoms with Gasteiger partial charge in [-0.2, -0.15) is 0 Å². The predicted molar refractivity (Wildman–Crippen MR) is 62.0 cm³/mol. The average molecular weight is 200 g/mol. The molecule has 0 aromatic rings. The molecule has 14 heavy (non-hydrogen) atoms. The van der Waals surface area contributed by atoms with Crippen molar-refractivity contribution < 1.29 is 0 Å². The second kappa shape index (κ2) is 6.65. The van der Waals surface area contributed by atoms with E-state index < -0.39 is 0 Å². The summed E-state index contributed by atoms with van der Waals surface area (Å²) in [4.78, 5) is 6.44. The molecule has 0 rings (SSSR count). The average Bonchev–Trinajstić information content (AvgIpc) is 2.09. The number of hydrazine groups is 1. The van der Waals surface area contributed by atoms with Gasteiger partial charge in [-0.1, -0.05) is 13.8 Å². The smallest absolute Gasteiger partial charge is 0.208 e. The van der Waals surface area contributed by atoms with E-state index in [0.717, 1.165) is 18.9 Å². The van der Waals surface area contributed by atoms with Crippen molar-refractivity contribution in [3.63, 3.8) is 0 Å². The highest BCUT2D eigenvalue weighted by atomic mass is 15.4. The van der Waals surface area contributed by atoms with Crippen molar-refractivity contribution >= 4 is 5.96 Å². The summed E-state index contributed by atoms with van der Waals surface area (Å²) in [5.74, 6) is 6.87. The zero-order valence-corrected chi connectivity index (χ0v) is 10.0. The number of nitrogens with zero attached hydrogens (tertiary/aromatic N) is 2. The van der Waals surface area contributed by atoms with E-state index in [1.807, 2.05) is 20.9 Å². The van der Waals surface area contributed by atoms with Gasteiger partial charge in [0.2, 0.25) is 5.96 Å². The molecule has 0 aliphatic rings. The van der Waals surface area contributed by atoms with Crippen LogP contribution in [0.5, 0.6) is 0 Å². The second-order valence-electron chi connectivity index (χ2n) is 4.29. The van der Waals surface area contributed by atoms with Gasteiger partial charge >= 0.3 is 0 Å². The van der Waals surface area contributed by atoms with E-state index in [0.29, 0.717) is 5.92 Å². The van der Waals surface area contributed by atoms with Crippen LogP contribution in [0.3, 0.4) is 0 Å². The van der Waals surface area contributed by atoms with Crippen molar-refractivity contribution in [1.82, 2.24) is 10.3 Å². The van der Waals surface area contributed by atoms with Crippen molar-refractivity contribution in [3.8, 4) is 0 Å². The van der Waals surface area contributed by atoms with Gasteiger partial charge in [0.05, 0.1) is 0 Å². The standard InChI is InChI=1S/C10H24N4/c1-8(2)6-7-14(5)10(13-11)12-9(3)4/h8-9H,6-7,11H2,1-5H3,(H,12,13). The van der Waals surface area contributed by atoms with Crippen LogP contribution in [-0.2, 0) is 0 Å². The molecule has 0 bridgehead atoms. The molecular weight excluding hydrogens is 176 g/mol. The fourth-order valence-electron chi connectivity index (χ4n) is 1.05. The van der Waals surface area contributed by atoms with Gasteiger partial charge in [-0.25, -0.2) is 10.8 Å². The van der Waals surface area contributed by atoms with Crippen molar-refractivity contribution in [2.24, 2.45) is 16.8 Å². The third kappa shape index (κ3) is 5.80. The monoisotopic (exact) mass is 200 g/mol. The zero-order chi connectivity index (χ0) is 11.1. The Kier molecular flexibility index (Phi) is 6.28. The lowest BCUT2D eigenvalue weighted by Crippen LogP contribution is -2.43. The minimum absolute atomic E-state index is 0.266. The van der Waals surface area contributed by atoms with Gasteiger partial charge in [0.15, 0.2) is 0 Å².